The fourth-order valence-electron chi connectivity index (χ4n) is 3.40. The van der Waals surface area contributed by atoms with Gasteiger partial charge in [-0.1, -0.05) is 6.07 Å². The molecule has 1 aliphatic rings. The van der Waals surface area contributed by atoms with Crippen molar-refractivity contribution in [2.24, 2.45) is 0 Å². The van der Waals surface area contributed by atoms with Crippen LogP contribution in [0.3, 0.4) is 0 Å². The van der Waals surface area contributed by atoms with Crippen LogP contribution in [0.5, 0.6) is 0 Å². The molecule has 0 radical (unpaired) electrons. The van der Waals surface area contributed by atoms with Gasteiger partial charge in [-0.2, -0.15) is 18.3 Å². The van der Waals surface area contributed by atoms with E-state index in [1.54, 1.807) is 29.1 Å². The Labute approximate surface area is 170 Å². The van der Waals surface area contributed by atoms with Gasteiger partial charge in [-0.3, -0.25) is 4.79 Å². The van der Waals surface area contributed by atoms with E-state index in [1.807, 2.05) is 0 Å². The maximum Gasteiger partial charge on any atom is 0.416 e. The van der Waals surface area contributed by atoms with Crippen molar-refractivity contribution in [3.05, 3.63) is 66.1 Å². The van der Waals surface area contributed by atoms with E-state index in [0.717, 1.165) is 12.1 Å². The standard InChI is InChI=1S/C19H17F3N4O3S/c20-19(21,22)13-4-3-5-15(10-13)26-18(25-7-1-2-8-25)16(11-23-26)17(27)24-14-6-9-30(28,29)12-14/h1-5,7-8,10-11,14H,6,9,12H2,(H,24,27)/t14-/m1/s1. The number of carbonyl (C=O) groups is 1. The molecule has 7 nitrogen and oxygen atoms in total. The first-order valence-corrected chi connectivity index (χ1v) is 10.9. The molecule has 0 unspecified atom stereocenters. The Morgan fingerprint density at radius 2 is 1.90 bits per heavy atom. The molecule has 158 valence electrons. The molecule has 3 heterocycles. The summed E-state index contributed by atoms with van der Waals surface area (Å²) in [4.78, 5) is 12.8. The Bertz CT molecular complexity index is 1180. The van der Waals surface area contributed by atoms with Gasteiger partial charge in [-0.05, 0) is 36.8 Å². The molecule has 11 heteroatoms. The van der Waals surface area contributed by atoms with E-state index >= 15 is 0 Å². The highest BCUT2D eigenvalue weighted by Gasteiger charge is 2.32. The minimum atomic E-state index is -4.52. The number of benzene rings is 1. The number of amides is 1. The van der Waals surface area contributed by atoms with Gasteiger partial charge in [-0.25, -0.2) is 13.1 Å². The minimum absolute atomic E-state index is 0.00585. The van der Waals surface area contributed by atoms with Gasteiger partial charge in [-0.15, -0.1) is 0 Å². The fraction of sp³-hybridized carbons (Fsp3) is 0.263. The predicted octanol–water partition coefficient (Wildman–Crippen LogP) is 2.60. The molecule has 1 amide bonds. The second-order valence-electron chi connectivity index (χ2n) is 7.01. The summed E-state index contributed by atoms with van der Waals surface area (Å²) >= 11 is 0. The average molecular weight is 438 g/mol. The van der Waals surface area contributed by atoms with Crippen molar-refractivity contribution >= 4 is 15.7 Å². The third-order valence-corrected chi connectivity index (χ3v) is 6.59. The van der Waals surface area contributed by atoms with Crippen LogP contribution >= 0.6 is 0 Å². The number of hydrogen-bond acceptors (Lipinski definition) is 4. The van der Waals surface area contributed by atoms with Crippen molar-refractivity contribution in [3.8, 4) is 11.5 Å². The number of halogens is 3. The summed E-state index contributed by atoms with van der Waals surface area (Å²) in [7, 11) is -3.18. The summed E-state index contributed by atoms with van der Waals surface area (Å²) < 4.78 is 65.5. The highest BCUT2D eigenvalue weighted by atomic mass is 32.2. The molecule has 1 saturated heterocycles. The summed E-state index contributed by atoms with van der Waals surface area (Å²) in [6.07, 6.45) is 0.323. The largest absolute Gasteiger partial charge is 0.416 e. The molecule has 0 aliphatic carbocycles. The van der Waals surface area contributed by atoms with E-state index in [-0.39, 0.29) is 28.6 Å². The van der Waals surface area contributed by atoms with Crippen LogP contribution in [0.25, 0.3) is 11.5 Å². The predicted molar refractivity (Wildman–Crippen MR) is 102 cm³/mol. The molecule has 0 saturated carbocycles. The zero-order valence-corrected chi connectivity index (χ0v) is 16.3. The van der Waals surface area contributed by atoms with Gasteiger partial charge >= 0.3 is 6.18 Å². The molecule has 1 N–H and O–H groups in total. The maximum atomic E-state index is 13.1. The summed E-state index contributed by atoms with van der Waals surface area (Å²) in [5, 5.41) is 6.83. The Hall–Kier alpha value is -3.08. The van der Waals surface area contributed by atoms with Gasteiger partial charge in [0.15, 0.2) is 15.7 Å². The SMILES string of the molecule is O=C(N[C@@H]1CCS(=O)(=O)C1)c1cnn(-c2cccc(C(F)(F)F)c2)c1-n1cccc1. The molecule has 1 fully saturated rings. The summed E-state index contributed by atoms with van der Waals surface area (Å²) in [5.74, 6) is -0.428. The smallest absolute Gasteiger partial charge is 0.348 e. The third kappa shape index (κ3) is 3.97. The first kappa shape index (κ1) is 20.2. The van der Waals surface area contributed by atoms with Crippen molar-refractivity contribution in [3.63, 3.8) is 0 Å². The number of aromatic nitrogens is 3. The van der Waals surface area contributed by atoms with Gasteiger partial charge in [0.05, 0.1) is 29.0 Å². The molecule has 4 rings (SSSR count). The van der Waals surface area contributed by atoms with Gasteiger partial charge in [0, 0.05) is 18.4 Å². The van der Waals surface area contributed by atoms with Crippen LogP contribution in [-0.2, 0) is 16.0 Å². The summed E-state index contributed by atoms with van der Waals surface area (Å²) in [6, 6.07) is 7.52. The van der Waals surface area contributed by atoms with Crippen molar-refractivity contribution < 1.29 is 26.4 Å². The number of nitrogens with one attached hydrogen (secondary N) is 1. The Kier molecular flexibility index (Phi) is 4.92. The van der Waals surface area contributed by atoms with Crippen LogP contribution in [0.2, 0.25) is 0 Å². The molecule has 0 bridgehead atoms. The quantitative estimate of drug-likeness (QED) is 0.679. The topological polar surface area (TPSA) is 86.0 Å². The van der Waals surface area contributed by atoms with Crippen LogP contribution < -0.4 is 5.32 Å². The van der Waals surface area contributed by atoms with Crippen molar-refractivity contribution in [2.75, 3.05) is 11.5 Å². The molecular weight excluding hydrogens is 421 g/mol. The number of hydrogen-bond donors (Lipinski definition) is 1. The first-order valence-electron chi connectivity index (χ1n) is 9.04. The van der Waals surface area contributed by atoms with Crippen LogP contribution in [0.4, 0.5) is 13.2 Å². The Morgan fingerprint density at radius 1 is 1.17 bits per heavy atom. The Balaban J connectivity index is 1.74. The van der Waals surface area contributed by atoms with E-state index in [9.17, 15) is 26.4 Å². The molecule has 3 aromatic rings. The highest BCUT2D eigenvalue weighted by molar-refractivity contribution is 7.91. The average Bonchev–Trinajstić information content (AvgIpc) is 3.40. The van der Waals surface area contributed by atoms with Crippen LogP contribution in [0.1, 0.15) is 22.3 Å². The van der Waals surface area contributed by atoms with E-state index in [2.05, 4.69) is 10.4 Å². The van der Waals surface area contributed by atoms with Crippen LogP contribution in [0.15, 0.2) is 55.0 Å². The van der Waals surface area contributed by atoms with Gasteiger partial charge in [0.25, 0.3) is 5.91 Å². The van der Waals surface area contributed by atoms with E-state index in [4.69, 9.17) is 0 Å². The summed E-state index contributed by atoms with van der Waals surface area (Å²) in [5.41, 5.74) is -0.583. The number of rotatable bonds is 4. The normalized spacial score (nSPS) is 18.4. The number of carbonyl (C=O) groups excluding carboxylic acids is 1. The monoisotopic (exact) mass is 438 g/mol. The molecule has 1 atom stereocenters. The first-order chi connectivity index (χ1) is 14.1. The number of alkyl halides is 3. The van der Waals surface area contributed by atoms with Gasteiger partial charge < -0.3 is 9.88 Å². The molecule has 2 aromatic heterocycles. The van der Waals surface area contributed by atoms with Crippen molar-refractivity contribution in [2.45, 2.75) is 18.6 Å². The zero-order chi connectivity index (χ0) is 21.5. The second-order valence-corrected chi connectivity index (χ2v) is 9.23. The lowest BCUT2D eigenvalue weighted by Crippen LogP contribution is -2.36. The summed E-state index contributed by atoms with van der Waals surface area (Å²) in [6.45, 7) is 0. The zero-order valence-electron chi connectivity index (χ0n) is 15.5. The molecule has 1 aromatic carbocycles. The van der Waals surface area contributed by atoms with E-state index in [0.29, 0.717) is 6.42 Å². The number of sulfone groups is 1. The fourth-order valence-corrected chi connectivity index (χ4v) is 5.07. The van der Waals surface area contributed by atoms with Crippen molar-refractivity contribution in [1.82, 2.24) is 19.7 Å². The molecule has 30 heavy (non-hydrogen) atoms. The second kappa shape index (κ2) is 7.31. The van der Waals surface area contributed by atoms with Crippen LogP contribution in [-0.4, -0.2) is 46.2 Å². The third-order valence-electron chi connectivity index (χ3n) is 4.82. The molecule has 1 aliphatic heterocycles. The lowest BCUT2D eigenvalue weighted by Gasteiger charge is -2.14. The highest BCUT2D eigenvalue weighted by Crippen LogP contribution is 2.31. The van der Waals surface area contributed by atoms with Crippen molar-refractivity contribution in [1.29, 1.82) is 0 Å². The van der Waals surface area contributed by atoms with E-state index in [1.165, 1.54) is 23.0 Å². The maximum absolute atomic E-state index is 13.1. The van der Waals surface area contributed by atoms with Gasteiger partial charge in [0.1, 0.15) is 5.56 Å². The Morgan fingerprint density at radius 3 is 2.53 bits per heavy atom. The van der Waals surface area contributed by atoms with Crippen LogP contribution in [0, 0.1) is 0 Å². The molecule has 0 spiro atoms. The lowest BCUT2D eigenvalue weighted by atomic mass is 10.2. The van der Waals surface area contributed by atoms with E-state index < -0.39 is 33.5 Å². The lowest BCUT2D eigenvalue weighted by molar-refractivity contribution is -0.137. The number of nitrogens with zero attached hydrogens (tertiary/aromatic N) is 3. The van der Waals surface area contributed by atoms with Gasteiger partial charge in [0.2, 0.25) is 0 Å². The minimum Gasteiger partial charge on any atom is -0.348 e. The molecular formula is C19H17F3N4O3S.